The molecule has 0 fully saturated rings. The molecule has 2 rings (SSSR count). The van der Waals surface area contributed by atoms with E-state index in [1.165, 1.54) is 24.3 Å². The third kappa shape index (κ3) is 3.55. The van der Waals surface area contributed by atoms with Crippen molar-refractivity contribution in [2.24, 2.45) is 0 Å². The predicted octanol–water partition coefficient (Wildman–Crippen LogP) is 3.60. The third-order valence-corrected chi connectivity index (χ3v) is 5.29. The van der Waals surface area contributed by atoms with Gasteiger partial charge in [-0.15, -0.1) is 0 Å². The lowest BCUT2D eigenvalue weighted by Gasteiger charge is -2.11. The fraction of sp³-hybridized carbons (Fsp3) is 0. The van der Waals surface area contributed by atoms with Crippen LogP contribution in [-0.2, 0) is 10.0 Å². The van der Waals surface area contributed by atoms with E-state index in [0.717, 1.165) is 0 Å². The summed E-state index contributed by atoms with van der Waals surface area (Å²) >= 11 is 9.06. The molecular formula is C13H9BrClNO4S. The van der Waals surface area contributed by atoms with Crippen LogP contribution in [0.5, 0.6) is 0 Å². The van der Waals surface area contributed by atoms with Crippen LogP contribution in [0.4, 0.5) is 5.69 Å². The molecule has 0 aromatic heterocycles. The Balaban J connectivity index is 2.44. The van der Waals surface area contributed by atoms with Gasteiger partial charge in [0.25, 0.3) is 10.0 Å². The monoisotopic (exact) mass is 389 g/mol. The van der Waals surface area contributed by atoms with Crippen LogP contribution in [0.3, 0.4) is 0 Å². The van der Waals surface area contributed by atoms with Gasteiger partial charge >= 0.3 is 5.97 Å². The van der Waals surface area contributed by atoms with Crippen molar-refractivity contribution in [1.29, 1.82) is 0 Å². The summed E-state index contributed by atoms with van der Waals surface area (Å²) in [6.45, 7) is 0. The summed E-state index contributed by atoms with van der Waals surface area (Å²) in [4.78, 5) is 11.0. The lowest BCUT2D eigenvalue weighted by molar-refractivity contribution is 0.0697. The second-order valence-corrected chi connectivity index (χ2v) is 6.95. The van der Waals surface area contributed by atoms with Gasteiger partial charge in [0.1, 0.15) is 4.90 Å². The second-order valence-electron chi connectivity index (χ2n) is 4.04. The lowest BCUT2D eigenvalue weighted by Crippen LogP contribution is -2.14. The van der Waals surface area contributed by atoms with Crippen LogP contribution >= 0.6 is 27.5 Å². The molecule has 2 aromatic rings. The zero-order valence-corrected chi connectivity index (χ0v) is 13.5. The third-order valence-electron chi connectivity index (χ3n) is 2.58. The number of hydrogen-bond donors (Lipinski definition) is 2. The topological polar surface area (TPSA) is 83.5 Å². The van der Waals surface area contributed by atoms with Crippen molar-refractivity contribution in [3.05, 3.63) is 57.5 Å². The van der Waals surface area contributed by atoms with Crippen molar-refractivity contribution in [2.75, 3.05) is 4.72 Å². The summed E-state index contributed by atoms with van der Waals surface area (Å²) in [5, 5.41) is 9.04. The van der Waals surface area contributed by atoms with Crippen molar-refractivity contribution in [3.8, 4) is 0 Å². The molecule has 21 heavy (non-hydrogen) atoms. The molecule has 0 heterocycles. The van der Waals surface area contributed by atoms with Crippen LogP contribution in [0.15, 0.2) is 51.8 Å². The number of anilines is 1. The smallest absolute Gasteiger partial charge is 0.335 e. The quantitative estimate of drug-likeness (QED) is 0.835. The van der Waals surface area contributed by atoms with Crippen LogP contribution < -0.4 is 4.72 Å². The van der Waals surface area contributed by atoms with Gasteiger partial charge in [-0.1, -0.05) is 23.7 Å². The van der Waals surface area contributed by atoms with Crippen molar-refractivity contribution >= 4 is 49.2 Å². The number of sulfonamides is 1. The lowest BCUT2D eigenvalue weighted by atomic mass is 10.2. The first-order valence-electron chi connectivity index (χ1n) is 5.61. The highest BCUT2D eigenvalue weighted by Gasteiger charge is 2.19. The maximum absolute atomic E-state index is 12.3. The van der Waals surface area contributed by atoms with E-state index >= 15 is 0 Å². The molecule has 2 N–H and O–H groups in total. The van der Waals surface area contributed by atoms with Gasteiger partial charge in [0.05, 0.1) is 16.3 Å². The van der Waals surface area contributed by atoms with E-state index in [0.29, 0.717) is 4.47 Å². The van der Waals surface area contributed by atoms with E-state index < -0.39 is 16.0 Å². The number of carboxylic acid groups (broad SMARTS) is 1. The predicted molar refractivity (Wildman–Crippen MR) is 83.4 cm³/mol. The first-order chi connectivity index (χ1) is 9.81. The van der Waals surface area contributed by atoms with Gasteiger partial charge in [0, 0.05) is 4.47 Å². The molecule has 2 aromatic carbocycles. The van der Waals surface area contributed by atoms with Gasteiger partial charge < -0.3 is 5.11 Å². The molecule has 0 saturated heterocycles. The van der Waals surface area contributed by atoms with Gasteiger partial charge in [-0.05, 0) is 46.3 Å². The van der Waals surface area contributed by atoms with E-state index in [4.69, 9.17) is 16.7 Å². The number of aromatic carboxylic acids is 1. The highest BCUT2D eigenvalue weighted by atomic mass is 79.9. The standard InChI is InChI=1S/C13H9BrClNO4S/c14-9-3-1-2-4-12(9)21(19,20)16-11-7-8(13(17)18)5-6-10(11)15/h1-7,16H,(H,17,18). The van der Waals surface area contributed by atoms with E-state index in [2.05, 4.69) is 20.7 Å². The Morgan fingerprint density at radius 2 is 1.86 bits per heavy atom. The fourth-order valence-electron chi connectivity index (χ4n) is 1.60. The van der Waals surface area contributed by atoms with E-state index in [-0.39, 0.29) is 21.2 Å². The molecule has 0 spiro atoms. The first kappa shape index (κ1) is 15.8. The van der Waals surface area contributed by atoms with Gasteiger partial charge in [0.2, 0.25) is 0 Å². The molecule has 0 bridgehead atoms. The summed E-state index contributed by atoms with van der Waals surface area (Å²) < 4.78 is 27.3. The molecule has 0 radical (unpaired) electrons. The van der Waals surface area contributed by atoms with Crippen molar-refractivity contribution < 1.29 is 18.3 Å². The zero-order chi connectivity index (χ0) is 15.6. The summed E-state index contributed by atoms with van der Waals surface area (Å²) in [6.07, 6.45) is 0. The molecule has 0 aliphatic rings. The fourth-order valence-corrected chi connectivity index (χ4v) is 3.89. The Labute approximate surface area is 134 Å². The molecule has 110 valence electrons. The SMILES string of the molecule is O=C(O)c1ccc(Cl)c(NS(=O)(=O)c2ccccc2Br)c1. The minimum Gasteiger partial charge on any atom is -0.478 e. The molecule has 0 aliphatic heterocycles. The summed E-state index contributed by atoms with van der Waals surface area (Å²) in [5.74, 6) is -1.17. The largest absolute Gasteiger partial charge is 0.478 e. The molecule has 0 aliphatic carbocycles. The highest BCUT2D eigenvalue weighted by Crippen LogP contribution is 2.28. The van der Waals surface area contributed by atoms with Gasteiger partial charge in [-0.3, -0.25) is 4.72 Å². The van der Waals surface area contributed by atoms with Crippen LogP contribution in [0, 0.1) is 0 Å². The molecular weight excluding hydrogens is 382 g/mol. The maximum Gasteiger partial charge on any atom is 0.335 e. The molecule has 8 heteroatoms. The average Bonchev–Trinajstić information content (AvgIpc) is 2.41. The minimum absolute atomic E-state index is 0.00678. The van der Waals surface area contributed by atoms with Gasteiger partial charge in [-0.2, -0.15) is 0 Å². The summed E-state index contributed by atoms with van der Waals surface area (Å²) in [5.41, 5.74) is -0.0588. The second kappa shape index (κ2) is 6.05. The van der Waals surface area contributed by atoms with E-state index in [1.807, 2.05) is 0 Å². The minimum atomic E-state index is -3.88. The number of carbonyl (C=O) groups is 1. The average molecular weight is 391 g/mol. The number of rotatable bonds is 4. The number of carboxylic acids is 1. The Morgan fingerprint density at radius 3 is 2.48 bits per heavy atom. The van der Waals surface area contributed by atoms with Crippen molar-refractivity contribution in [1.82, 2.24) is 0 Å². The summed E-state index contributed by atoms with van der Waals surface area (Å²) in [6, 6.07) is 10.0. The maximum atomic E-state index is 12.3. The van der Waals surface area contributed by atoms with Crippen molar-refractivity contribution in [2.45, 2.75) is 4.90 Å². The molecule has 5 nitrogen and oxygen atoms in total. The van der Waals surface area contributed by atoms with E-state index in [9.17, 15) is 13.2 Å². The Hall–Kier alpha value is -1.57. The number of benzene rings is 2. The summed E-state index contributed by atoms with van der Waals surface area (Å²) in [7, 11) is -3.88. The molecule has 0 amide bonds. The number of nitrogens with one attached hydrogen (secondary N) is 1. The number of hydrogen-bond acceptors (Lipinski definition) is 3. The van der Waals surface area contributed by atoms with Gasteiger partial charge in [-0.25, -0.2) is 13.2 Å². The number of halogens is 2. The normalized spacial score (nSPS) is 11.1. The molecule has 0 atom stereocenters. The van der Waals surface area contributed by atoms with Crippen LogP contribution in [0.2, 0.25) is 5.02 Å². The Kier molecular flexibility index (Phi) is 4.55. The first-order valence-corrected chi connectivity index (χ1v) is 8.27. The van der Waals surface area contributed by atoms with Crippen molar-refractivity contribution in [3.63, 3.8) is 0 Å². The Morgan fingerprint density at radius 1 is 1.19 bits per heavy atom. The Bertz CT molecular complexity index is 808. The van der Waals surface area contributed by atoms with E-state index in [1.54, 1.807) is 18.2 Å². The van der Waals surface area contributed by atoms with Crippen LogP contribution in [-0.4, -0.2) is 19.5 Å². The van der Waals surface area contributed by atoms with Crippen LogP contribution in [0.1, 0.15) is 10.4 Å². The molecule has 0 saturated carbocycles. The van der Waals surface area contributed by atoms with Gasteiger partial charge in [0.15, 0.2) is 0 Å². The zero-order valence-electron chi connectivity index (χ0n) is 10.4. The highest BCUT2D eigenvalue weighted by molar-refractivity contribution is 9.10. The van der Waals surface area contributed by atoms with Crippen LogP contribution in [0.25, 0.3) is 0 Å². The molecule has 0 unspecified atom stereocenters.